The fraction of sp³-hybridized carbons (Fsp3) is 0.438. The summed E-state index contributed by atoms with van der Waals surface area (Å²) >= 11 is 0. The molecular weight excluding hydrogens is 293 g/mol. The van der Waals surface area contributed by atoms with Crippen LogP contribution in [-0.4, -0.2) is 12.1 Å². The minimum atomic E-state index is -4.48. The zero-order chi connectivity index (χ0) is 17.9. The van der Waals surface area contributed by atoms with E-state index in [0.29, 0.717) is 5.57 Å². The first-order valence-corrected chi connectivity index (χ1v) is 7.11. The lowest BCUT2D eigenvalue weighted by Crippen LogP contribution is -2.42. The summed E-state index contributed by atoms with van der Waals surface area (Å²) < 4.78 is 37.4. The topological polar surface area (TPSA) is 55.1 Å². The molecule has 0 fully saturated rings. The molecule has 1 atom stereocenters. The van der Waals surface area contributed by atoms with Crippen molar-refractivity contribution in [3.63, 3.8) is 0 Å². The van der Waals surface area contributed by atoms with Gasteiger partial charge >= 0.3 is 6.18 Å². The predicted molar refractivity (Wildman–Crippen MR) is 84.4 cm³/mol. The van der Waals surface area contributed by atoms with Crippen molar-refractivity contribution in [3.8, 4) is 0 Å². The molecule has 0 aliphatic rings. The monoisotopic (exact) mass is 318 g/mol. The van der Waals surface area contributed by atoms with Crippen LogP contribution in [0.5, 0.6) is 0 Å². The van der Waals surface area contributed by atoms with E-state index in [-0.39, 0.29) is 5.56 Å². The number of nitrogens with two attached hydrogens (primary N) is 1. The normalized spacial score (nSPS) is 11.1. The molecule has 0 heterocycles. The fourth-order valence-corrected chi connectivity index (χ4v) is 1.18. The number of rotatable bonds is 3. The van der Waals surface area contributed by atoms with Crippen LogP contribution in [0.1, 0.15) is 50.5 Å². The van der Waals surface area contributed by atoms with Crippen LogP contribution in [0.25, 0.3) is 0 Å². The second-order valence-electron chi connectivity index (χ2n) is 3.88. The molecule has 0 radical (unpaired) electrons. The van der Waals surface area contributed by atoms with Crippen LogP contribution < -0.4 is 11.1 Å². The molecule has 0 saturated carbocycles. The highest BCUT2D eigenvalue weighted by atomic mass is 19.4. The Bertz CT molecular complexity index is 471. The van der Waals surface area contributed by atoms with Gasteiger partial charge in [-0.3, -0.25) is 4.79 Å². The fourth-order valence-electron chi connectivity index (χ4n) is 1.18. The van der Waals surface area contributed by atoms with E-state index in [1.807, 2.05) is 27.7 Å². The second kappa shape index (κ2) is 10.8. The summed E-state index contributed by atoms with van der Waals surface area (Å²) in [6, 6.07) is 4.13. The SMILES string of the molecule is C=C(C)C(N)NC(=O)c1cccc(C(F)(F)F)c1.CC.CC. The Hall–Kier alpha value is -1.82. The molecule has 1 aromatic rings. The number of amides is 1. The number of carbonyl (C=O) groups is 1. The summed E-state index contributed by atoms with van der Waals surface area (Å²) in [5.41, 5.74) is 5.06. The lowest BCUT2D eigenvalue weighted by Gasteiger charge is -2.14. The van der Waals surface area contributed by atoms with Gasteiger partial charge in [-0.25, -0.2) is 0 Å². The Labute approximate surface area is 130 Å². The zero-order valence-corrected chi connectivity index (χ0v) is 13.7. The van der Waals surface area contributed by atoms with Gasteiger partial charge in [-0.15, -0.1) is 0 Å². The van der Waals surface area contributed by atoms with Gasteiger partial charge in [-0.1, -0.05) is 40.3 Å². The van der Waals surface area contributed by atoms with Crippen LogP contribution in [-0.2, 0) is 6.18 Å². The average Bonchev–Trinajstić information content (AvgIpc) is 2.50. The Morgan fingerprint density at radius 2 is 1.73 bits per heavy atom. The van der Waals surface area contributed by atoms with Crippen LogP contribution in [0.2, 0.25) is 0 Å². The maximum atomic E-state index is 12.5. The van der Waals surface area contributed by atoms with E-state index in [2.05, 4.69) is 11.9 Å². The summed E-state index contributed by atoms with van der Waals surface area (Å²) in [5, 5.41) is 2.35. The lowest BCUT2D eigenvalue weighted by atomic mass is 10.1. The van der Waals surface area contributed by atoms with Crippen molar-refractivity contribution < 1.29 is 18.0 Å². The standard InChI is InChI=1S/C12H13F3N2O.2C2H6/c1-7(2)10(16)17-11(18)8-4-3-5-9(6-8)12(13,14)15;2*1-2/h3-6,10H,1,16H2,2H3,(H,17,18);2*1-2H3. The quantitative estimate of drug-likeness (QED) is 0.643. The van der Waals surface area contributed by atoms with E-state index in [4.69, 9.17) is 5.73 Å². The Kier molecular flexibility index (Phi) is 11.1. The number of hydrogen-bond donors (Lipinski definition) is 2. The number of alkyl halides is 3. The highest BCUT2D eigenvalue weighted by Crippen LogP contribution is 2.29. The van der Waals surface area contributed by atoms with E-state index in [9.17, 15) is 18.0 Å². The maximum absolute atomic E-state index is 12.5. The molecule has 1 aromatic carbocycles. The first-order chi connectivity index (χ1) is 10.2. The third-order valence-electron chi connectivity index (χ3n) is 2.27. The van der Waals surface area contributed by atoms with E-state index in [0.717, 1.165) is 12.1 Å². The number of benzene rings is 1. The van der Waals surface area contributed by atoms with Crippen molar-refractivity contribution in [2.45, 2.75) is 47.0 Å². The van der Waals surface area contributed by atoms with Gasteiger partial charge in [0.05, 0.1) is 11.7 Å². The van der Waals surface area contributed by atoms with Crippen LogP contribution in [0.15, 0.2) is 36.4 Å². The van der Waals surface area contributed by atoms with E-state index >= 15 is 0 Å². The van der Waals surface area contributed by atoms with Crippen LogP contribution in [0.4, 0.5) is 13.2 Å². The Balaban J connectivity index is 0. The van der Waals surface area contributed by atoms with Crippen molar-refractivity contribution in [1.29, 1.82) is 0 Å². The molecule has 1 amide bonds. The third kappa shape index (κ3) is 7.83. The molecule has 3 N–H and O–H groups in total. The Morgan fingerprint density at radius 1 is 1.23 bits per heavy atom. The molecule has 22 heavy (non-hydrogen) atoms. The summed E-state index contributed by atoms with van der Waals surface area (Å²) in [5.74, 6) is -0.670. The first kappa shape index (κ1) is 22.5. The molecule has 1 unspecified atom stereocenters. The molecule has 126 valence electrons. The average molecular weight is 318 g/mol. The lowest BCUT2D eigenvalue weighted by molar-refractivity contribution is -0.137. The minimum absolute atomic E-state index is 0.0958. The molecular formula is C16H25F3N2O. The van der Waals surface area contributed by atoms with Gasteiger partial charge in [-0.05, 0) is 30.7 Å². The zero-order valence-electron chi connectivity index (χ0n) is 13.7. The molecule has 0 saturated heterocycles. The molecule has 0 aromatic heterocycles. The van der Waals surface area contributed by atoms with E-state index in [1.54, 1.807) is 6.92 Å². The highest BCUT2D eigenvalue weighted by molar-refractivity contribution is 5.94. The largest absolute Gasteiger partial charge is 0.416 e. The Morgan fingerprint density at radius 3 is 2.14 bits per heavy atom. The third-order valence-corrected chi connectivity index (χ3v) is 2.27. The van der Waals surface area contributed by atoms with Crippen molar-refractivity contribution in [2.75, 3.05) is 0 Å². The summed E-state index contributed by atoms with van der Waals surface area (Å²) in [6.07, 6.45) is -5.26. The number of nitrogens with one attached hydrogen (secondary N) is 1. The number of carbonyl (C=O) groups excluding carboxylic acids is 1. The summed E-state index contributed by atoms with van der Waals surface area (Å²) in [6.45, 7) is 13.1. The molecule has 3 nitrogen and oxygen atoms in total. The molecule has 1 rings (SSSR count). The van der Waals surface area contributed by atoms with Crippen molar-refractivity contribution in [2.24, 2.45) is 5.73 Å². The van der Waals surface area contributed by atoms with Gasteiger partial charge in [0.1, 0.15) is 0 Å². The van der Waals surface area contributed by atoms with Gasteiger partial charge in [0.15, 0.2) is 0 Å². The van der Waals surface area contributed by atoms with Gasteiger partial charge in [0.25, 0.3) is 5.91 Å². The van der Waals surface area contributed by atoms with Gasteiger partial charge < -0.3 is 11.1 Å². The molecule has 0 bridgehead atoms. The smallest absolute Gasteiger partial charge is 0.333 e. The highest BCUT2D eigenvalue weighted by Gasteiger charge is 2.30. The maximum Gasteiger partial charge on any atom is 0.416 e. The number of hydrogen-bond acceptors (Lipinski definition) is 2. The molecule has 0 aliphatic carbocycles. The first-order valence-electron chi connectivity index (χ1n) is 7.11. The van der Waals surface area contributed by atoms with Gasteiger partial charge in [-0.2, -0.15) is 13.2 Å². The molecule has 0 aliphatic heterocycles. The predicted octanol–water partition coefficient (Wildman–Crippen LogP) is 4.35. The number of halogens is 3. The van der Waals surface area contributed by atoms with Crippen molar-refractivity contribution in [3.05, 3.63) is 47.5 Å². The van der Waals surface area contributed by atoms with Gasteiger partial charge in [0, 0.05) is 5.56 Å². The van der Waals surface area contributed by atoms with E-state index < -0.39 is 23.8 Å². The second-order valence-corrected chi connectivity index (χ2v) is 3.88. The summed E-state index contributed by atoms with van der Waals surface area (Å²) in [4.78, 5) is 11.6. The summed E-state index contributed by atoms with van der Waals surface area (Å²) in [7, 11) is 0. The van der Waals surface area contributed by atoms with Crippen molar-refractivity contribution >= 4 is 5.91 Å². The van der Waals surface area contributed by atoms with Crippen LogP contribution in [0, 0.1) is 0 Å². The van der Waals surface area contributed by atoms with Gasteiger partial charge in [0.2, 0.25) is 0 Å². The van der Waals surface area contributed by atoms with Crippen LogP contribution >= 0.6 is 0 Å². The molecule has 6 heteroatoms. The molecule has 0 spiro atoms. The van der Waals surface area contributed by atoms with Crippen LogP contribution in [0.3, 0.4) is 0 Å². The van der Waals surface area contributed by atoms with Crippen molar-refractivity contribution in [1.82, 2.24) is 5.32 Å². The van der Waals surface area contributed by atoms with E-state index in [1.165, 1.54) is 12.1 Å². The minimum Gasteiger partial charge on any atom is -0.333 e.